The van der Waals surface area contributed by atoms with Crippen LogP contribution in [0.4, 0.5) is 19.0 Å². The number of aliphatic hydroxyl groups is 1. The van der Waals surface area contributed by atoms with Crippen molar-refractivity contribution in [2.45, 2.75) is 31.0 Å². The molecule has 1 aromatic heterocycles. The fourth-order valence-electron chi connectivity index (χ4n) is 1.74. The van der Waals surface area contributed by atoms with E-state index in [1.54, 1.807) is 0 Å². The van der Waals surface area contributed by atoms with Gasteiger partial charge in [-0.25, -0.2) is 9.59 Å². The minimum Gasteiger partial charge on any atom is -0.475 e. The lowest BCUT2D eigenvalue weighted by molar-refractivity contribution is -0.192. The quantitative estimate of drug-likeness (QED) is 0.538. The molecule has 0 bridgehead atoms. The van der Waals surface area contributed by atoms with Gasteiger partial charge in [-0.05, 0) is 6.07 Å². The zero-order valence-corrected chi connectivity index (χ0v) is 11.6. The lowest BCUT2D eigenvalue weighted by Crippen LogP contribution is -2.30. The van der Waals surface area contributed by atoms with Crippen molar-refractivity contribution in [1.29, 1.82) is 0 Å². The van der Waals surface area contributed by atoms with E-state index in [0.717, 1.165) is 0 Å². The number of ether oxygens (including phenoxy) is 1. The number of carboxylic acid groups (broad SMARTS) is 1. The van der Waals surface area contributed by atoms with E-state index in [9.17, 15) is 23.1 Å². The number of hydrogen-bond acceptors (Lipinski definition) is 7. The second kappa shape index (κ2) is 7.39. The molecule has 1 aliphatic heterocycles. The number of alkyl halides is 3. The first kappa shape index (κ1) is 18.9. The molecule has 130 valence electrons. The highest BCUT2D eigenvalue weighted by Crippen LogP contribution is 2.26. The minimum atomic E-state index is -5.08. The zero-order valence-electron chi connectivity index (χ0n) is 11.6. The number of nitrogens with two attached hydrogens (primary N) is 2. The van der Waals surface area contributed by atoms with Crippen molar-refractivity contribution in [2.75, 3.05) is 12.3 Å². The van der Waals surface area contributed by atoms with Gasteiger partial charge in [-0.1, -0.05) is 0 Å². The molecule has 0 unspecified atom stereocenters. The number of anilines is 1. The smallest absolute Gasteiger partial charge is 0.475 e. The molecule has 3 atom stereocenters. The fraction of sp³-hybridized carbons (Fsp3) is 0.545. The van der Waals surface area contributed by atoms with Crippen LogP contribution in [0.3, 0.4) is 0 Å². The Kier molecular flexibility index (Phi) is 6.06. The Bertz CT molecular complexity index is 606. The highest BCUT2D eigenvalue weighted by molar-refractivity contribution is 5.73. The van der Waals surface area contributed by atoms with E-state index in [4.69, 9.17) is 26.1 Å². The highest BCUT2D eigenvalue weighted by Gasteiger charge is 2.38. The van der Waals surface area contributed by atoms with Gasteiger partial charge in [-0.15, -0.1) is 0 Å². The Hall–Kier alpha value is -2.18. The standard InChI is InChI=1S/C9H14N4O3.C2HF3O2/c10-4-6-5(14)3-8(16-6)13-2-1-7(11)12-9(13)15;3-2(4,5)1(6)7/h1-2,5-6,8,14H,3-4,10H2,(H2,11,12,15);(H,6,7)/t5-,6+,8+;/m0./s1. The highest BCUT2D eigenvalue weighted by atomic mass is 19.4. The van der Waals surface area contributed by atoms with Crippen LogP contribution in [0.5, 0.6) is 0 Å². The summed E-state index contributed by atoms with van der Waals surface area (Å²) >= 11 is 0. The molecular formula is C11H15F3N4O5. The maximum absolute atomic E-state index is 11.5. The number of nitrogens with zero attached hydrogens (tertiary/aromatic N) is 2. The van der Waals surface area contributed by atoms with Gasteiger partial charge in [-0.2, -0.15) is 18.2 Å². The largest absolute Gasteiger partial charge is 0.490 e. The number of hydrogen-bond donors (Lipinski definition) is 4. The summed E-state index contributed by atoms with van der Waals surface area (Å²) in [5, 5.41) is 16.7. The minimum absolute atomic E-state index is 0.162. The van der Waals surface area contributed by atoms with Gasteiger partial charge in [0, 0.05) is 19.2 Å². The first-order chi connectivity index (χ1) is 10.6. The molecule has 6 N–H and O–H groups in total. The molecule has 1 saturated heterocycles. The van der Waals surface area contributed by atoms with Crippen LogP contribution < -0.4 is 17.2 Å². The predicted octanol–water partition coefficient (Wildman–Crippen LogP) is -0.934. The summed E-state index contributed by atoms with van der Waals surface area (Å²) in [4.78, 5) is 24.0. The number of carboxylic acids is 1. The van der Waals surface area contributed by atoms with Crippen molar-refractivity contribution < 1.29 is 32.9 Å². The van der Waals surface area contributed by atoms with Crippen LogP contribution in [0.1, 0.15) is 12.6 Å². The number of aliphatic hydroxyl groups excluding tert-OH is 1. The Labute approximate surface area is 127 Å². The first-order valence-electron chi connectivity index (χ1n) is 6.24. The fourth-order valence-corrected chi connectivity index (χ4v) is 1.74. The maximum Gasteiger partial charge on any atom is 0.490 e. The summed E-state index contributed by atoms with van der Waals surface area (Å²) in [5.74, 6) is -2.59. The van der Waals surface area contributed by atoms with E-state index in [0.29, 0.717) is 6.42 Å². The van der Waals surface area contributed by atoms with Gasteiger partial charge in [0.1, 0.15) is 12.0 Å². The molecule has 0 aliphatic carbocycles. The van der Waals surface area contributed by atoms with E-state index in [2.05, 4.69) is 4.98 Å². The van der Waals surface area contributed by atoms with E-state index in [1.807, 2.05) is 0 Å². The lowest BCUT2D eigenvalue weighted by atomic mass is 10.2. The van der Waals surface area contributed by atoms with Crippen molar-refractivity contribution in [3.8, 4) is 0 Å². The normalized spacial score (nSPS) is 24.0. The summed E-state index contributed by atoms with van der Waals surface area (Å²) < 4.78 is 38.5. The third-order valence-electron chi connectivity index (χ3n) is 2.84. The van der Waals surface area contributed by atoms with Gasteiger partial charge >= 0.3 is 17.8 Å². The average molecular weight is 340 g/mol. The molecule has 1 aliphatic rings. The Morgan fingerprint density at radius 2 is 2.09 bits per heavy atom. The van der Waals surface area contributed by atoms with Crippen LogP contribution in [-0.4, -0.2) is 50.7 Å². The number of halogens is 3. The molecule has 0 amide bonds. The molecule has 23 heavy (non-hydrogen) atoms. The second-order valence-corrected chi connectivity index (χ2v) is 4.51. The molecule has 9 nitrogen and oxygen atoms in total. The van der Waals surface area contributed by atoms with Gasteiger partial charge in [0.15, 0.2) is 0 Å². The lowest BCUT2D eigenvalue weighted by Gasteiger charge is -2.14. The third kappa shape index (κ3) is 5.19. The maximum atomic E-state index is 11.5. The van der Waals surface area contributed by atoms with Gasteiger partial charge < -0.3 is 26.4 Å². The Morgan fingerprint density at radius 1 is 1.52 bits per heavy atom. The molecule has 0 spiro atoms. The molecule has 0 aromatic carbocycles. The zero-order chi connectivity index (χ0) is 17.8. The van der Waals surface area contributed by atoms with Gasteiger partial charge in [0.2, 0.25) is 0 Å². The van der Waals surface area contributed by atoms with Crippen molar-refractivity contribution >= 4 is 11.8 Å². The Balaban J connectivity index is 0.000000322. The molecular weight excluding hydrogens is 325 g/mol. The first-order valence-corrected chi connectivity index (χ1v) is 6.24. The second-order valence-electron chi connectivity index (χ2n) is 4.51. The molecule has 2 heterocycles. The third-order valence-corrected chi connectivity index (χ3v) is 2.84. The molecule has 0 saturated carbocycles. The van der Waals surface area contributed by atoms with Crippen LogP contribution >= 0.6 is 0 Å². The van der Waals surface area contributed by atoms with Gasteiger partial charge in [0.25, 0.3) is 0 Å². The van der Waals surface area contributed by atoms with E-state index in [-0.39, 0.29) is 12.4 Å². The Morgan fingerprint density at radius 3 is 2.48 bits per heavy atom. The van der Waals surface area contributed by atoms with Gasteiger partial charge in [-0.3, -0.25) is 4.57 Å². The number of rotatable bonds is 2. The van der Waals surface area contributed by atoms with E-state index in [1.165, 1.54) is 16.8 Å². The van der Waals surface area contributed by atoms with Crippen molar-refractivity contribution in [1.82, 2.24) is 9.55 Å². The van der Waals surface area contributed by atoms with Crippen LogP contribution in [0.15, 0.2) is 17.1 Å². The summed E-state index contributed by atoms with van der Waals surface area (Å²) in [5.41, 5.74) is 10.3. The van der Waals surface area contributed by atoms with Crippen molar-refractivity contribution in [3.05, 3.63) is 22.7 Å². The molecule has 12 heteroatoms. The summed E-state index contributed by atoms with van der Waals surface area (Å²) in [6, 6.07) is 1.51. The molecule has 1 aromatic rings. The van der Waals surface area contributed by atoms with Crippen LogP contribution in [0, 0.1) is 0 Å². The predicted molar refractivity (Wildman–Crippen MR) is 70.2 cm³/mol. The number of aromatic nitrogens is 2. The van der Waals surface area contributed by atoms with Crippen LogP contribution in [0.25, 0.3) is 0 Å². The summed E-state index contributed by atoms with van der Waals surface area (Å²) in [7, 11) is 0. The SMILES string of the molecule is NC[C@H]1O[C@@H](n2ccc(N)nc2=O)C[C@@H]1O.O=C(O)C(F)(F)F. The number of aliphatic carboxylic acids is 1. The summed E-state index contributed by atoms with van der Waals surface area (Å²) in [6.07, 6.45) is -4.87. The van der Waals surface area contributed by atoms with Gasteiger partial charge in [0.05, 0.1) is 12.2 Å². The van der Waals surface area contributed by atoms with E-state index < -0.39 is 36.3 Å². The molecule has 1 fully saturated rings. The van der Waals surface area contributed by atoms with E-state index >= 15 is 0 Å². The molecule has 0 radical (unpaired) electrons. The van der Waals surface area contributed by atoms with Crippen molar-refractivity contribution in [3.63, 3.8) is 0 Å². The van der Waals surface area contributed by atoms with Crippen LogP contribution in [0.2, 0.25) is 0 Å². The monoisotopic (exact) mass is 340 g/mol. The summed E-state index contributed by atoms with van der Waals surface area (Å²) in [6.45, 7) is 0.217. The number of nitrogen functional groups attached to an aromatic ring is 1. The van der Waals surface area contributed by atoms with Crippen LogP contribution in [-0.2, 0) is 9.53 Å². The topological polar surface area (TPSA) is 154 Å². The van der Waals surface area contributed by atoms with Crippen molar-refractivity contribution in [2.24, 2.45) is 5.73 Å². The molecule has 2 rings (SSSR count). The average Bonchev–Trinajstić information content (AvgIpc) is 2.79. The number of carbonyl (C=O) groups is 1.